The molecule has 3 heteroatoms. The van der Waals surface area contributed by atoms with Gasteiger partial charge in [-0.05, 0) is 32.4 Å². The number of rotatable bonds is 2. The summed E-state index contributed by atoms with van der Waals surface area (Å²) in [5.41, 5.74) is 1.26. The normalized spacial score (nSPS) is 20.5. The van der Waals surface area contributed by atoms with Crippen molar-refractivity contribution in [2.45, 2.75) is 26.8 Å². The highest BCUT2D eigenvalue weighted by molar-refractivity contribution is 5.20. The van der Waals surface area contributed by atoms with Crippen LogP contribution in [-0.4, -0.2) is 31.1 Å². The summed E-state index contributed by atoms with van der Waals surface area (Å²) >= 11 is 0. The molecule has 0 saturated carbocycles. The van der Waals surface area contributed by atoms with Gasteiger partial charge in [0.2, 0.25) is 0 Å². The second-order valence-corrected chi connectivity index (χ2v) is 4.35. The Bertz CT molecular complexity index is 307. The highest BCUT2D eigenvalue weighted by Gasteiger charge is 2.20. The first-order chi connectivity index (χ1) is 7.18. The molecule has 84 valence electrons. The minimum Gasteiger partial charge on any atom is -0.464 e. The van der Waals surface area contributed by atoms with Crippen molar-refractivity contribution >= 4 is 0 Å². The number of nitrogens with one attached hydrogen (secondary N) is 1. The molecule has 1 aliphatic heterocycles. The fraction of sp³-hybridized carbons (Fsp3) is 0.667. The van der Waals surface area contributed by atoms with Crippen LogP contribution < -0.4 is 5.32 Å². The lowest BCUT2D eigenvalue weighted by molar-refractivity contribution is 0.166. The zero-order valence-corrected chi connectivity index (χ0v) is 9.84. The van der Waals surface area contributed by atoms with Crippen molar-refractivity contribution in [2.24, 2.45) is 0 Å². The average Bonchev–Trinajstić information content (AvgIpc) is 2.59. The smallest absolute Gasteiger partial charge is 0.121 e. The lowest BCUT2D eigenvalue weighted by atomic mass is 10.2. The number of hydrogen-bond donors (Lipinski definition) is 1. The van der Waals surface area contributed by atoms with E-state index in [1.165, 1.54) is 5.56 Å². The zero-order chi connectivity index (χ0) is 10.8. The molecule has 2 heterocycles. The van der Waals surface area contributed by atoms with E-state index in [4.69, 9.17) is 4.42 Å². The topological polar surface area (TPSA) is 28.4 Å². The minimum atomic E-state index is 0.402. The molecule has 0 amide bonds. The summed E-state index contributed by atoms with van der Waals surface area (Å²) in [6.07, 6.45) is 0. The summed E-state index contributed by atoms with van der Waals surface area (Å²) in [4.78, 5) is 2.47. The molecule has 2 rings (SSSR count). The highest BCUT2D eigenvalue weighted by Crippen LogP contribution is 2.24. The summed E-state index contributed by atoms with van der Waals surface area (Å²) in [6, 6.07) is 2.57. The lowest BCUT2D eigenvalue weighted by Gasteiger charge is -2.31. The van der Waals surface area contributed by atoms with Crippen LogP contribution in [0.2, 0.25) is 0 Å². The molecule has 1 aromatic heterocycles. The maximum Gasteiger partial charge on any atom is 0.121 e. The van der Waals surface area contributed by atoms with E-state index in [2.05, 4.69) is 30.1 Å². The van der Waals surface area contributed by atoms with Crippen molar-refractivity contribution in [3.05, 3.63) is 23.2 Å². The molecule has 1 fully saturated rings. The van der Waals surface area contributed by atoms with Crippen LogP contribution in [0.1, 0.15) is 30.0 Å². The Morgan fingerprint density at radius 1 is 1.33 bits per heavy atom. The van der Waals surface area contributed by atoms with E-state index >= 15 is 0 Å². The van der Waals surface area contributed by atoms with Gasteiger partial charge in [-0.2, -0.15) is 0 Å². The van der Waals surface area contributed by atoms with E-state index in [0.717, 1.165) is 37.7 Å². The molecule has 0 aliphatic carbocycles. The summed E-state index contributed by atoms with van der Waals surface area (Å²) < 4.78 is 5.77. The lowest BCUT2D eigenvalue weighted by Crippen LogP contribution is -2.44. The maximum atomic E-state index is 5.77. The zero-order valence-electron chi connectivity index (χ0n) is 9.84. The van der Waals surface area contributed by atoms with Gasteiger partial charge in [-0.15, -0.1) is 0 Å². The van der Waals surface area contributed by atoms with E-state index < -0.39 is 0 Å². The van der Waals surface area contributed by atoms with Crippen LogP contribution in [-0.2, 0) is 0 Å². The molecule has 15 heavy (non-hydrogen) atoms. The fourth-order valence-electron chi connectivity index (χ4n) is 2.06. The third-order valence-electron chi connectivity index (χ3n) is 3.30. The molecule has 1 aliphatic rings. The van der Waals surface area contributed by atoms with Crippen molar-refractivity contribution in [2.75, 3.05) is 26.2 Å². The molecule has 0 spiro atoms. The van der Waals surface area contributed by atoms with Crippen LogP contribution in [0.5, 0.6) is 0 Å². The van der Waals surface area contributed by atoms with Gasteiger partial charge in [-0.25, -0.2) is 0 Å². The Morgan fingerprint density at radius 3 is 2.53 bits per heavy atom. The maximum absolute atomic E-state index is 5.77. The summed E-state index contributed by atoms with van der Waals surface area (Å²) in [6.45, 7) is 10.8. The number of hydrogen-bond acceptors (Lipinski definition) is 3. The predicted molar refractivity (Wildman–Crippen MR) is 61.0 cm³/mol. The van der Waals surface area contributed by atoms with Gasteiger partial charge in [0, 0.05) is 26.2 Å². The Kier molecular flexibility index (Phi) is 3.12. The van der Waals surface area contributed by atoms with Crippen LogP contribution in [0, 0.1) is 13.8 Å². The van der Waals surface area contributed by atoms with Crippen molar-refractivity contribution in [3.8, 4) is 0 Å². The van der Waals surface area contributed by atoms with Gasteiger partial charge < -0.3 is 9.73 Å². The molecular weight excluding hydrogens is 188 g/mol. The van der Waals surface area contributed by atoms with Crippen LogP contribution in [0.15, 0.2) is 10.5 Å². The SMILES string of the molecule is Cc1cc([C@@H](C)N2CCNCC2)oc1C. The minimum absolute atomic E-state index is 0.402. The van der Waals surface area contributed by atoms with Crippen molar-refractivity contribution in [3.63, 3.8) is 0 Å². The monoisotopic (exact) mass is 208 g/mol. The van der Waals surface area contributed by atoms with Gasteiger partial charge in [0.25, 0.3) is 0 Å². The molecule has 1 N–H and O–H groups in total. The van der Waals surface area contributed by atoms with Crippen molar-refractivity contribution in [1.29, 1.82) is 0 Å². The number of aryl methyl sites for hydroxylation is 2. The average molecular weight is 208 g/mol. The third-order valence-corrected chi connectivity index (χ3v) is 3.30. The first kappa shape index (κ1) is 10.7. The number of furan rings is 1. The van der Waals surface area contributed by atoms with Gasteiger partial charge in [0.05, 0.1) is 6.04 Å². The quantitative estimate of drug-likeness (QED) is 0.804. The molecule has 1 saturated heterocycles. The highest BCUT2D eigenvalue weighted by atomic mass is 16.3. The summed E-state index contributed by atoms with van der Waals surface area (Å²) in [5, 5.41) is 3.37. The molecule has 1 aromatic rings. The molecule has 3 nitrogen and oxygen atoms in total. The molecular formula is C12H20N2O. The molecule has 0 unspecified atom stereocenters. The summed E-state index contributed by atoms with van der Waals surface area (Å²) in [7, 11) is 0. The summed E-state index contributed by atoms with van der Waals surface area (Å²) in [5.74, 6) is 2.15. The van der Waals surface area contributed by atoms with Crippen LogP contribution in [0.25, 0.3) is 0 Å². The Balaban J connectivity index is 2.08. The van der Waals surface area contributed by atoms with Crippen LogP contribution in [0.3, 0.4) is 0 Å². The predicted octanol–water partition coefficient (Wildman–Crippen LogP) is 1.86. The molecule has 0 radical (unpaired) electrons. The van der Waals surface area contributed by atoms with Gasteiger partial charge in [0.1, 0.15) is 11.5 Å². The van der Waals surface area contributed by atoms with E-state index in [1.807, 2.05) is 6.92 Å². The van der Waals surface area contributed by atoms with Crippen molar-refractivity contribution < 1.29 is 4.42 Å². The number of nitrogens with zero attached hydrogens (tertiary/aromatic N) is 1. The van der Waals surface area contributed by atoms with E-state index in [0.29, 0.717) is 6.04 Å². The van der Waals surface area contributed by atoms with E-state index in [9.17, 15) is 0 Å². The number of piperazine rings is 1. The van der Waals surface area contributed by atoms with Gasteiger partial charge in [0.15, 0.2) is 0 Å². The Morgan fingerprint density at radius 2 is 2.00 bits per heavy atom. The second kappa shape index (κ2) is 4.37. The van der Waals surface area contributed by atoms with Gasteiger partial charge in [-0.1, -0.05) is 0 Å². The Hall–Kier alpha value is -0.800. The fourth-order valence-corrected chi connectivity index (χ4v) is 2.06. The molecule has 0 aromatic carbocycles. The first-order valence-electron chi connectivity index (χ1n) is 5.70. The Labute approximate surface area is 91.4 Å². The molecule has 1 atom stereocenters. The van der Waals surface area contributed by atoms with Crippen molar-refractivity contribution in [1.82, 2.24) is 10.2 Å². The van der Waals surface area contributed by atoms with Gasteiger partial charge in [-0.3, -0.25) is 4.90 Å². The van der Waals surface area contributed by atoms with E-state index in [-0.39, 0.29) is 0 Å². The van der Waals surface area contributed by atoms with E-state index in [1.54, 1.807) is 0 Å². The van der Waals surface area contributed by atoms with Crippen LogP contribution >= 0.6 is 0 Å². The standard InChI is InChI=1S/C12H20N2O/c1-9-8-12(15-11(9)3)10(2)14-6-4-13-5-7-14/h8,10,13H,4-7H2,1-3H3/t10-/m1/s1. The first-order valence-corrected chi connectivity index (χ1v) is 5.70. The van der Waals surface area contributed by atoms with Gasteiger partial charge >= 0.3 is 0 Å². The largest absolute Gasteiger partial charge is 0.464 e. The second-order valence-electron chi connectivity index (χ2n) is 4.35. The molecule has 0 bridgehead atoms. The van der Waals surface area contributed by atoms with Crippen LogP contribution in [0.4, 0.5) is 0 Å². The third kappa shape index (κ3) is 2.24.